The molecule has 4 aliphatic rings. The van der Waals surface area contributed by atoms with Crippen molar-refractivity contribution in [1.82, 2.24) is 0 Å². The molecule has 4 bridgehead atoms. The lowest BCUT2D eigenvalue weighted by atomic mass is 9.37. The van der Waals surface area contributed by atoms with Crippen molar-refractivity contribution in [1.29, 1.82) is 0 Å². The Labute approximate surface area is 179 Å². The minimum Gasteiger partial charge on any atom is -0.458 e. The van der Waals surface area contributed by atoms with Gasteiger partial charge in [0.1, 0.15) is 12.2 Å². The third-order valence-corrected chi connectivity index (χ3v) is 8.04. The molecule has 4 aliphatic carbocycles. The quantitative estimate of drug-likeness (QED) is 0.498. The van der Waals surface area contributed by atoms with E-state index in [0.717, 1.165) is 5.57 Å². The van der Waals surface area contributed by atoms with Crippen molar-refractivity contribution < 1.29 is 23.9 Å². The summed E-state index contributed by atoms with van der Waals surface area (Å²) in [5.41, 5.74) is 1.18. The van der Waals surface area contributed by atoms with Gasteiger partial charge in [-0.15, -0.1) is 0 Å². The smallest absolute Gasteiger partial charge is 0.333 e. The number of fused-ring (bicyclic) bond motifs is 3. The molecule has 0 radical (unpaired) electrons. The Morgan fingerprint density at radius 1 is 0.967 bits per heavy atom. The average Bonchev–Trinajstić information content (AvgIpc) is 2.78. The van der Waals surface area contributed by atoms with Crippen LogP contribution in [0.3, 0.4) is 0 Å². The molecule has 0 heterocycles. The van der Waals surface area contributed by atoms with E-state index in [0.29, 0.717) is 17.6 Å². The lowest BCUT2D eigenvalue weighted by Gasteiger charge is -2.65. The van der Waals surface area contributed by atoms with Crippen molar-refractivity contribution in [3.63, 3.8) is 0 Å². The van der Waals surface area contributed by atoms with E-state index in [1.165, 1.54) is 0 Å². The highest BCUT2D eigenvalue weighted by Crippen LogP contribution is 2.72. The van der Waals surface area contributed by atoms with Crippen LogP contribution in [0.2, 0.25) is 0 Å². The number of hydrogen-bond acceptors (Lipinski definition) is 5. The molecule has 164 valence electrons. The summed E-state index contributed by atoms with van der Waals surface area (Å²) in [6.45, 7) is 15.3. The second-order valence-electron chi connectivity index (χ2n) is 9.93. The van der Waals surface area contributed by atoms with E-state index in [2.05, 4.69) is 20.8 Å². The van der Waals surface area contributed by atoms with Gasteiger partial charge >= 0.3 is 11.9 Å². The van der Waals surface area contributed by atoms with Gasteiger partial charge < -0.3 is 9.47 Å². The molecule has 0 spiro atoms. The number of allylic oxidation sites excluding steroid dienone is 4. The minimum absolute atomic E-state index is 0.0511. The molecule has 0 amide bonds. The summed E-state index contributed by atoms with van der Waals surface area (Å²) in [5, 5.41) is 0. The number of carbonyl (C=O) groups excluding carboxylic acids is 3. The summed E-state index contributed by atoms with van der Waals surface area (Å²) in [6, 6.07) is 0. The lowest BCUT2D eigenvalue weighted by molar-refractivity contribution is -0.202. The van der Waals surface area contributed by atoms with E-state index in [9.17, 15) is 14.4 Å². The zero-order chi connectivity index (χ0) is 22.6. The molecule has 3 fully saturated rings. The van der Waals surface area contributed by atoms with Crippen molar-refractivity contribution >= 4 is 17.7 Å². The lowest BCUT2D eigenvalue weighted by Crippen LogP contribution is -2.67. The van der Waals surface area contributed by atoms with Gasteiger partial charge in [-0.05, 0) is 52.5 Å². The first-order valence-corrected chi connectivity index (χ1v) is 10.8. The van der Waals surface area contributed by atoms with Gasteiger partial charge in [-0.3, -0.25) is 4.79 Å². The molecule has 0 unspecified atom stereocenters. The average molecular weight is 415 g/mol. The van der Waals surface area contributed by atoms with Gasteiger partial charge in [0.2, 0.25) is 0 Å². The van der Waals surface area contributed by atoms with Crippen LogP contribution in [0.5, 0.6) is 0 Å². The first-order chi connectivity index (χ1) is 13.9. The Morgan fingerprint density at radius 3 is 1.93 bits per heavy atom. The third kappa shape index (κ3) is 3.09. The molecule has 5 nitrogen and oxygen atoms in total. The van der Waals surface area contributed by atoms with Crippen LogP contribution in [0, 0.1) is 28.6 Å². The van der Waals surface area contributed by atoms with Gasteiger partial charge in [-0.1, -0.05) is 38.5 Å². The molecule has 5 heteroatoms. The van der Waals surface area contributed by atoms with Crippen molar-refractivity contribution in [2.24, 2.45) is 28.6 Å². The number of esters is 2. The molecule has 0 aromatic heterocycles. The van der Waals surface area contributed by atoms with Gasteiger partial charge in [0, 0.05) is 34.3 Å². The third-order valence-electron chi connectivity index (χ3n) is 8.04. The van der Waals surface area contributed by atoms with Gasteiger partial charge in [0.05, 0.1) is 0 Å². The molecule has 0 aromatic rings. The number of carbonyl (C=O) groups is 3. The van der Waals surface area contributed by atoms with Crippen molar-refractivity contribution in [3.05, 3.63) is 34.9 Å². The maximum atomic E-state index is 13.1. The molecule has 0 N–H and O–H groups in total. The van der Waals surface area contributed by atoms with Crippen molar-refractivity contribution in [2.75, 3.05) is 0 Å². The molecule has 0 saturated heterocycles. The molecule has 0 aromatic carbocycles. The maximum absolute atomic E-state index is 13.1. The first-order valence-electron chi connectivity index (χ1n) is 10.8. The van der Waals surface area contributed by atoms with Crippen LogP contribution in [0.25, 0.3) is 0 Å². The standard InChI is InChI=1S/C25H34O5/c1-9-13(3)22(27)29-17-12-18(30-23(28)14(4)10-2)25(8)19-15(5)11-16(26)20(25)21(19)24(17,6)7/h9-11,17-21H,12H2,1-8H3/b13-9-,14-10-/t17-,18-,19+,20+,21-,25-/m1/s1. The van der Waals surface area contributed by atoms with Crippen LogP contribution in [-0.4, -0.2) is 29.9 Å². The van der Waals surface area contributed by atoms with Crippen LogP contribution < -0.4 is 0 Å². The van der Waals surface area contributed by atoms with Crippen molar-refractivity contribution in [2.45, 2.75) is 74.0 Å². The highest BCUT2D eigenvalue weighted by molar-refractivity contribution is 5.97. The largest absolute Gasteiger partial charge is 0.458 e. The SMILES string of the molecule is C/C=C(/C)C(=O)O[C@@H]1C[C@@H](OC(=O)/C(C)=C\C)[C@@]2(C)[C@H]3C(=O)C=C(C)[C@H]2[C@H]3C1(C)C. The summed E-state index contributed by atoms with van der Waals surface area (Å²) < 4.78 is 12.0. The van der Waals surface area contributed by atoms with E-state index in [1.54, 1.807) is 45.9 Å². The van der Waals surface area contributed by atoms with E-state index in [4.69, 9.17) is 9.47 Å². The highest BCUT2D eigenvalue weighted by Gasteiger charge is 2.74. The van der Waals surface area contributed by atoms with Crippen LogP contribution in [0.1, 0.15) is 61.8 Å². The normalized spacial score (nSPS) is 37.5. The molecule has 0 aliphatic heterocycles. The Morgan fingerprint density at radius 2 is 1.47 bits per heavy atom. The molecule has 30 heavy (non-hydrogen) atoms. The zero-order valence-corrected chi connectivity index (χ0v) is 19.4. The Balaban J connectivity index is 2.06. The van der Waals surface area contributed by atoms with E-state index >= 15 is 0 Å². The fraction of sp³-hybridized carbons (Fsp3) is 0.640. The maximum Gasteiger partial charge on any atom is 0.333 e. The summed E-state index contributed by atoms with van der Waals surface area (Å²) in [5.74, 6) is -0.722. The van der Waals surface area contributed by atoms with Gasteiger partial charge in [-0.2, -0.15) is 0 Å². The number of rotatable bonds is 4. The predicted molar refractivity (Wildman–Crippen MR) is 114 cm³/mol. The summed E-state index contributed by atoms with van der Waals surface area (Å²) >= 11 is 0. The molecule has 6 atom stereocenters. The van der Waals surface area contributed by atoms with Crippen molar-refractivity contribution in [3.8, 4) is 0 Å². The number of ketones is 1. The van der Waals surface area contributed by atoms with Crippen LogP contribution in [-0.2, 0) is 23.9 Å². The highest BCUT2D eigenvalue weighted by atomic mass is 16.6. The second kappa shape index (κ2) is 7.51. The van der Waals surface area contributed by atoms with Gasteiger partial charge in [0.25, 0.3) is 0 Å². The van der Waals surface area contributed by atoms with Gasteiger partial charge in [0.15, 0.2) is 5.78 Å². The summed E-state index contributed by atoms with van der Waals surface area (Å²) in [7, 11) is 0. The monoisotopic (exact) mass is 414 g/mol. The minimum atomic E-state index is -0.510. The fourth-order valence-corrected chi connectivity index (χ4v) is 5.98. The molecule has 4 rings (SSSR count). The summed E-state index contributed by atoms with van der Waals surface area (Å²) in [6.07, 6.45) is 4.62. The van der Waals surface area contributed by atoms with Crippen LogP contribution >= 0.6 is 0 Å². The Bertz CT molecular complexity index is 874. The van der Waals surface area contributed by atoms with E-state index in [-0.39, 0.29) is 35.5 Å². The van der Waals surface area contributed by atoms with E-state index < -0.39 is 23.0 Å². The van der Waals surface area contributed by atoms with Crippen LogP contribution in [0.15, 0.2) is 34.9 Å². The van der Waals surface area contributed by atoms with Crippen LogP contribution in [0.4, 0.5) is 0 Å². The number of hydrogen-bond donors (Lipinski definition) is 0. The zero-order valence-electron chi connectivity index (χ0n) is 19.4. The molecular formula is C25H34O5. The first kappa shape index (κ1) is 22.5. The Hall–Kier alpha value is -2.17. The molecule has 3 saturated carbocycles. The molecular weight excluding hydrogens is 380 g/mol. The number of ether oxygens (including phenoxy) is 2. The second-order valence-corrected chi connectivity index (χ2v) is 9.93. The summed E-state index contributed by atoms with van der Waals surface area (Å²) in [4.78, 5) is 38.4. The fourth-order valence-electron chi connectivity index (χ4n) is 5.98. The predicted octanol–water partition coefficient (Wildman–Crippen LogP) is 4.57. The Kier molecular flexibility index (Phi) is 5.63. The van der Waals surface area contributed by atoms with Gasteiger partial charge in [-0.25, -0.2) is 9.59 Å². The van der Waals surface area contributed by atoms with E-state index in [1.807, 2.05) is 6.92 Å². The topological polar surface area (TPSA) is 69.7 Å².